The van der Waals surface area contributed by atoms with Gasteiger partial charge in [-0.3, -0.25) is 14.8 Å². The lowest BCUT2D eigenvalue weighted by atomic mass is 10.0. The van der Waals surface area contributed by atoms with Crippen molar-refractivity contribution in [2.75, 3.05) is 68.5 Å². The molecule has 3 amide bonds. The van der Waals surface area contributed by atoms with E-state index in [1.807, 2.05) is 35.4 Å². The zero-order chi connectivity index (χ0) is 31.6. The van der Waals surface area contributed by atoms with E-state index >= 15 is 4.39 Å². The number of likely N-dealkylation sites (tertiary alicyclic amines) is 1. The van der Waals surface area contributed by atoms with E-state index < -0.39 is 11.8 Å². The maximum Gasteiger partial charge on any atom is 0.323 e. The Bertz CT molecular complexity index is 1800. The first-order valence-corrected chi connectivity index (χ1v) is 15.4. The molecule has 3 aliphatic heterocycles. The van der Waals surface area contributed by atoms with E-state index in [0.717, 1.165) is 38.0 Å². The number of nitrogens with zero attached hydrogens (tertiary/aromatic N) is 7. The van der Waals surface area contributed by atoms with Crippen LogP contribution in [-0.4, -0.2) is 96.0 Å². The Morgan fingerprint density at radius 3 is 2.46 bits per heavy atom. The number of urea groups is 1. The van der Waals surface area contributed by atoms with Crippen molar-refractivity contribution in [1.82, 2.24) is 24.9 Å². The molecular weight excluding hydrogens is 589 g/mol. The lowest BCUT2D eigenvalue weighted by molar-refractivity contribution is 0.0793. The van der Waals surface area contributed by atoms with E-state index in [4.69, 9.17) is 19.7 Å². The lowest BCUT2D eigenvalue weighted by Crippen LogP contribution is -2.37. The Balaban J connectivity index is 1.10. The van der Waals surface area contributed by atoms with Crippen molar-refractivity contribution in [2.24, 2.45) is 5.10 Å². The fourth-order valence-electron chi connectivity index (χ4n) is 5.95. The zero-order valence-corrected chi connectivity index (χ0v) is 25.4. The van der Waals surface area contributed by atoms with Gasteiger partial charge in [0.25, 0.3) is 5.91 Å². The van der Waals surface area contributed by atoms with Crippen LogP contribution in [0.3, 0.4) is 0 Å². The molecule has 46 heavy (non-hydrogen) atoms. The molecule has 0 spiro atoms. The van der Waals surface area contributed by atoms with Gasteiger partial charge in [-0.1, -0.05) is 0 Å². The smallest absolute Gasteiger partial charge is 0.323 e. The van der Waals surface area contributed by atoms with E-state index in [0.29, 0.717) is 65.8 Å². The molecule has 5 heterocycles. The third-order valence-corrected chi connectivity index (χ3v) is 8.44. The SMILES string of the molecule is CN1CC(c2cnc3c(N4CCOCC4)nc(-c4ccc(NC(=O)Nc5ccc(C(=O)N6CCCC6)cc5)c(F)c4)nc3c2)C=N1. The van der Waals surface area contributed by atoms with Crippen LogP contribution in [0.5, 0.6) is 0 Å². The molecule has 0 saturated carbocycles. The molecule has 2 aromatic heterocycles. The standard InChI is InChI=1S/C33H34FN9O3/c1-41-20-24(19-36-41)23-17-28-29(35-18-23)31(42-12-14-46-15-13-42)40-30(38-28)22-6-9-27(26(34)16-22)39-33(45)37-25-7-4-21(5-8-25)32(44)43-10-2-3-11-43/h4-9,16-19,24H,2-3,10-15,20H2,1H3,(H2,37,39,45). The fourth-order valence-corrected chi connectivity index (χ4v) is 5.95. The molecule has 2 N–H and O–H groups in total. The molecule has 2 aromatic carbocycles. The van der Waals surface area contributed by atoms with Crippen LogP contribution in [0.4, 0.5) is 26.4 Å². The Morgan fingerprint density at radius 2 is 1.74 bits per heavy atom. The number of likely N-dealkylation sites (N-methyl/N-ethyl adjacent to an activating group) is 1. The quantitative estimate of drug-likeness (QED) is 0.320. The number of morpholine rings is 1. The molecule has 3 aliphatic rings. The van der Waals surface area contributed by atoms with Crippen LogP contribution in [0, 0.1) is 5.82 Å². The van der Waals surface area contributed by atoms with Gasteiger partial charge in [-0.05, 0) is 66.9 Å². The summed E-state index contributed by atoms with van der Waals surface area (Å²) in [6.07, 6.45) is 5.77. The highest BCUT2D eigenvalue weighted by Crippen LogP contribution is 2.31. The highest BCUT2D eigenvalue weighted by atomic mass is 19.1. The molecule has 0 radical (unpaired) electrons. The molecule has 2 fully saturated rings. The molecule has 13 heteroatoms. The molecular formula is C33H34FN9O3. The molecule has 2 saturated heterocycles. The van der Waals surface area contributed by atoms with Gasteiger partial charge in [0.2, 0.25) is 0 Å². The van der Waals surface area contributed by atoms with Crippen LogP contribution in [0.2, 0.25) is 0 Å². The number of benzene rings is 2. The number of amides is 3. The summed E-state index contributed by atoms with van der Waals surface area (Å²) < 4.78 is 20.9. The number of pyridine rings is 1. The number of nitrogens with one attached hydrogen (secondary N) is 2. The number of halogens is 1. The number of aromatic nitrogens is 3. The predicted octanol–water partition coefficient (Wildman–Crippen LogP) is 4.56. The Hall–Kier alpha value is -5.17. The largest absolute Gasteiger partial charge is 0.378 e. The van der Waals surface area contributed by atoms with Gasteiger partial charge in [0.15, 0.2) is 11.6 Å². The summed E-state index contributed by atoms with van der Waals surface area (Å²) in [5, 5.41) is 11.5. The Labute approximate surface area is 265 Å². The number of hydrogen-bond acceptors (Lipinski definition) is 9. The van der Waals surface area contributed by atoms with Crippen molar-refractivity contribution in [3.8, 4) is 11.4 Å². The third-order valence-electron chi connectivity index (χ3n) is 8.44. The van der Waals surface area contributed by atoms with E-state index in [9.17, 15) is 9.59 Å². The molecule has 236 valence electrons. The maximum absolute atomic E-state index is 15.4. The van der Waals surface area contributed by atoms with Crippen molar-refractivity contribution < 1.29 is 18.7 Å². The Morgan fingerprint density at radius 1 is 0.957 bits per heavy atom. The molecule has 1 atom stereocenters. The van der Waals surface area contributed by atoms with Crippen molar-refractivity contribution in [3.63, 3.8) is 0 Å². The lowest BCUT2D eigenvalue weighted by Gasteiger charge is -2.28. The van der Waals surface area contributed by atoms with E-state index in [1.54, 1.807) is 30.3 Å². The minimum Gasteiger partial charge on any atom is -0.378 e. The number of ether oxygens (including phenoxy) is 1. The molecule has 1 unspecified atom stereocenters. The van der Waals surface area contributed by atoms with Crippen molar-refractivity contribution in [1.29, 1.82) is 0 Å². The summed E-state index contributed by atoms with van der Waals surface area (Å²) in [4.78, 5) is 43.6. The second-order valence-electron chi connectivity index (χ2n) is 11.7. The highest BCUT2D eigenvalue weighted by Gasteiger charge is 2.23. The summed E-state index contributed by atoms with van der Waals surface area (Å²) in [5.74, 6) is 0.464. The monoisotopic (exact) mass is 623 g/mol. The minimum absolute atomic E-state index is 0.00451. The molecule has 0 bridgehead atoms. The molecule has 12 nitrogen and oxygen atoms in total. The number of fused-ring (bicyclic) bond motifs is 1. The van der Waals surface area contributed by atoms with Crippen molar-refractivity contribution in [2.45, 2.75) is 18.8 Å². The van der Waals surface area contributed by atoms with E-state index in [2.05, 4.69) is 20.6 Å². The number of carbonyl (C=O) groups excluding carboxylic acids is 2. The number of carbonyl (C=O) groups is 2. The number of rotatable bonds is 6. The summed E-state index contributed by atoms with van der Waals surface area (Å²) in [5.41, 5.74) is 3.83. The van der Waals surface area contributed by atoms with Gasteiger partial charge in [0, 0.05) is 74.9 Å². The van der Waals surface area contributed by atoms with Crippen LogP contribution in [0.25, 0.3) is 22.4 Å². The van der Waals surface area contributed by atoms with Gasteiger partial charge < -0.3 is 25.2 Å². The second-order valence-corrected chi connectivity index (χ2v) is 11.7. The van der Waals surface area contributed by atoms with Crippen LogP contribution in [0.1, 0.15) is 34.7 Å². The van der Waals surface area contributed by atoms with Crippen molar-refractivity contribution >= 4 is 46.4 Å². The van der Waals surface area contributed by atoms with E-state index in [-0.39, 0.29) is 17.5 Å². The van der Waals surface area contributed by atoms with Gasteiger partial charge >= 0.3 is 6.03 Å². The number of hydrogen-bond donors (Lipinski definition) is 2. The van der Waals surface area contributed by atoms with Crippen LogP contribution < -0.4 is 15.5 Å². The maximum atomic E-state index is 15.4. The summed E-state index contributed by atoms with van der Waals surface area (Å²) in [7, 11) is 1.93. The first-order chi connectivity index (χ1) is 22.4. The van der Waals surface area contributed by atoms with Gasteiger partial charge in [-0.2, -0.15) is 5.10 Å². The van der Waals surface area contributed by atoms with Gasteiger partial charge in [0.05, 0.1) is 24.4 Å². The summed E-state index contributed by atoms with van der Waals surface area (Å²) in [6.45, 7) is 4.72. The average Bonchev–Trinajstić information content (AvgIpc) is 3.78. The molecule has 4 aromatic rings. The minimum atomic E-state index is -0.632. The van der Waals surface area contributed by atoms with Gasteiger partial charge in [-0.15, -0.1) is 0 Å². The average molecular weight is 624 g/mol. The second kappa shape index (κ2) is 12.7. The molecule has 0 aliphatic carbocycles. The first kappa shape index (κ1) is 29.5. The van der Waals surface area contributed by atoms with Gasteiger partial charge in [-0.25, -0.2) is 19.2 Å². The third kappa shape index (κ3) is 6.18. The van der Waals surface area contributed by atoms with Crippen LogP contribution in [-0.2, 0) is 4.74 Å². The molecule has 7 rings (SSSR count). The van der Waals surface area contributed by atoms with Crippen molar-refractivity contribution in [3.05, 3.63) is 71.7 Å². The summed E-state index contributed by atoms with van der Waals surface area (Å²) in [6, 6.07) is 12.5. The summed E-state index contributed by atoms with van der Waals surface area (Å²) >= 11 is 0. The fraction of sp³-hybridized carbons (Fsp3) is 0.333. The zero-order valence-electron chi connectivity index (χ0n) is 25.4. The first-order valence-electron chi connectivity index (χ1n) is 15.4. The topological polar surface area (TPSA) is 128 Å². The number of hydrazone groups is 1. The predicted molar refractivity (Wildman–Crippen MR) is 174 cm³/mol. The normalized spacial score (nSPS) is 18.0. The number of anilines is 3. The van der Waals surface area contributed by atoms with E-state index in [1.165, 1.54) is 12.1 Å². The highest BCUT2D eigenvalue weighted by molar-refractivity contribution is 6.01. The Kier molecular flexibility index (Phi) is 8.14. The van der Waals surface area contributed by atoms with Crippen LogP contribution in [0.15, 0.2) is 59.8 Å². The van der Waals surface area contributed by atoms with Gasteiger partial charge in [0.1, 0.15) is 11.3 Å². The van der Waals surface area contributed by atoms with Crippen LogP contribution >= 0.6 is 0 Å².